The molecule has 1 unspecified atom stereocenters. The first-order valence-corrected chi connectivity index (χ1v) is 2.90. The van der Waals surface area contributed by atoms with E-state index in [1.807, 2.05) is 0 Å². The van der Waals surface area contributed by atoms with Crippen molar-refractivity contribution in [2.45, 2.75) is 25.1 Å². The molecule has 0 bridgehead atoms. The SMILES string of the molecule is NCC(O)CCC(F)(F)F. The summed E-state index contributed by atoms with van der Waals surface area (Å²) in [5.41, 5.74) is 4.88. The van der Waals surface area contributed by atoms with Crippen LogP contribution in [0.15, 0.2) is 0 Å². The molecule has 0 heterocycles. The molecule has 0 spiro atoms. The van der Waals surface area contributed by atoms with Gasteiger partial charge in [0.15, 0.2) is 0 Å². The number of alkyl halides is 3. The Balaban J connectivity index is 3.36. The zero-order valence-electron chi connectivity index (χ0n) is 5.36. The quantitative estimate of drug-likeness (QED) is 0.631. The van der Waals surface area contributed by atoms with Gasteiger partial charge in [-0.2, -0.15) is 13.2 Å². The fourth-order valence-electron chi connectivity index (χ4n) is 0.448. The molecular formula is C5H10F3NO. The molecule has 0 aliphatic rings. The van der Waals surface area contributed by atoms with Crippen molar-refractivity contribution in [3.63, 3.8) is 0 Å². The molecule has 0 saturated carbocycles. The summed E-state index contributed by atoms with van der Waals surface area (Å²) in [6.07, 6.45) is -6.48. The maximum atomic E-state index is 11.4. The zero-order chi connectivity index (χ0) is 8.20. The van der Waals surface area contributed by atoms with Crippen LogP contribution in [0.3, 0.4) is 0 Å². The lowest BCUT2D eigenvalue weighted by Crippen LogP contribution is -2.22. The van der Waals surface area contributed by atoms with Crippen LogP contribution in [0.1, 0.15) is 12.8 Å². The number of nitrogens with two attached hydrogens (primary N) is 1. The highest BCUT2D eigenvalue weighted by Gasteiger charge is 2.27. The Hall–Kier alpha value is -0.290. The van der Waals surface area contributed by atoms with E-state index in [2.05, 4.69) is 0 Å². The largest absolute Gasteiger partial charge is 0.392 e. The lowest BCUT2D eigenvalue weighted by atomic mass is 10.2. The van der Waals surface area contributed by atoms with Gasteiger partial charge in [0, 0.05) is 13.0 Å². The molecule has 10 heavy (non-hydrogen) atoms. The van der Waals surface area contributed by atoms with Gasteiger partial charge in [-0.05, 0) is 6.42 Å². The molecule has 0 fully saturated rings. The molecule has 0 aliphatic carbocycles. The topological polar surface area (TPSA) is 46.2 Å². The zero-order valence-corrected chi connectivity index (χ0v) is 5.36. The summed E-state index contributed by atoms with van der Waals surface area (Å²) < 4.78 is 34.2. The first-order chi connectivity index (χ1) is 4.45. The van der Waals surface area contributed by atoms with Crippen molar-refractivity contribution in [1.29, 1.82) is 0 Å². The average molecular weight is 157 g/mol. The summed E-state index contributed by atoms with van der Waals surface area (Å²) >= 11 is 0. The lowest BCUT2D eigenvalue weighted by molar-refractivity contribution is -0.139. The van der Waals surface area contributed by atoms with Crippen LogP contribution in [0.5, 0.6) is 0 Å². The Kier molecular flexibility index (Phi) is 3.67. The Labute approximate surface area is 56.8 Å². The van der Waals surface area contributed by atoms with Gasteiger partial charge in [-0.3, -0.25) is 0 Å². The second kappa shape index (κ2) is 3.78. The Bertz CT molecular complexity index is 93.4. The molecule has 5 heteroatoms. The van der Waals surface area contributed by atoms with Gasteiger partial charge in [0.05, 0.1) is 6.10 Å². The highest BCUT2D eigenvalue weighted by Crippen LogP contribution is 2.21. The molecule has 0 aromatic heterocycles. The number of halogens is 3. The summed E-state index contributed by atoms with van der Waals surface area (Å²) in [7, 11) is 0. The Morgan fingerprint density at radius 1 is 1.40 bits per heavy atom. The summed E-state index contributed by atoms with van der Waals surface area (Å²) in [6, 6.07) is 0. The van der Waals surface area contributed by atoms with Crippen LogP contribution in [0.4, 0.5) is 13.2 Å². The minimum atomic E-state index is -4.18. The summed E-state index contributed by atoms with van der Waals surface area (Å²) in [5.74, 6) is 0. The van der Waals surface area contributed by atoms with Gasteiger partial charge in [0.1, 0.15) is 0 Å². The van der Waals surface area contributed by atoms with Gasteiger partial charge >= 0.3 is 6.18 Å². The standard InChI is InChI=1S/C5H10F3NO/c6-5(7,8)2-1-4(10)3-9/h4,10H,1-3,9H2. The molecule has 0 saturated heterocycles. The van der Waals surface area contributed by atoms with Crippen molar-refractivity contribution in [2.24, 2.45) is 5.73 Å². The third-order valence-corrected chi connectivity index (χ3v) is 1.03. The van der Waals surface area contributed by atoms with E-state index in [-0.39, 0.29) is 13.0 Å². The molecule has 1 atom stereocenters. The van der Waals surface area contributed by atoms with Crippen LogP contribution in [0.2, 0.25) is 0 Å². The van der Waals surface area contributed by atoms with Crippen molar-refractivity contribution in [3.05, 3.63) is 0 Å². The van der Waals surface area contributed by atoms with Crippen molar-refractivity contribution in [2.75, 3.05) is 6.54 Å². The second-order valence-corrected chi connectivity index (χ2v) is 2.04. The molecule has 0 rings (SSSR count). The normalized spacial score (nSPS) is 15.3. The van der Waals surface area contributed by atoms with Crippen molar-refractivity contribution < 1.29 is 18.3 Å². The molecule has 0 aliphatic heterocycles. The highest BCUT2D eigenvalue weighted by atomic mass is 19.4. The number of hydrogen-bond acceptors (Lipinski definition) is 2. The molecule has 0 radical (unpaired) electrons. The highest BCUT2D eigenvalue weighted by molar-refractivity contribution is 4.59. The minimum Gasteiger partial charge on any atom is -0.392 e. The smallest absolute Gasteiger partial charge is 0.389 e. The first-order valence-electron chi connectivity index (χ1n) is 2.90. The number of hydrogen-bond donors (Lipinski definition) is 2. The Morgan fingerprint density at radius 3 is 2.20 bits per heavy atom. The summed E-state index contributed by atoms with van der Waals surface area (Å²) in [5, 5.41) is 8.60. The van der Waals surface area contributed by atoms with E-state index in [9.17, 15) is 13.2 Å². The second-order valence-electron chi connectivity index (χ2n) is 2.04. The average Bonchev–Trinajstić information content (AvgIpc) is 1.81. The molecule has 3 N–H and O–H groups in total. The van der Waals surface area contributed by atoms with Gasteiger partial charge < -0.3 is 10.8 Å². The van der Waals surface area contributed by atoms with Gasteiger partial charge in [0.2, 0.25) is 0 Å². The number of rotatable bonds is 3. The molecule has 62 valence electrons. The van der Waals surface area contributed by atoms with Crippen LogP contribution in [-0.4, -0.2) is 23.9 Å². The van der Waals surface area contributed by atoms with Crippen molar-refractivity contribution >= 4 is 0 Å². The molecular weight excluding hydrogens is 147 g/mol. The molecule has 2 nitrogen and oxygen atoms in total. The van der Waals surface area contributed by atoms with Crippen LogP contribution >= 0.6 is 0 Å². The maximum Gasteiger partial charge on any atom is 0.389 e. The predicted molar refractivity (Wildman–Crippen MR) is 30.4 cm³/mol. The summed E-state index contributed by atoms with van der Waals surface area (Å²) in [6.45, 7) is -0.115. The first kappa shape index (κ1) is 9.71. The molecule has 0 aromatic carbocycles. The van der Waals surface area contributed by atoms with Gasteiger partial charge in [-0.15, -0.1) is 0 Å². The van der Waals surface area contributed by atoms with Crippen LogP contribution in [0.25, 0.3) is 0 Å². The predicted octanol–water partition coefficient (Wildman–Crippen LogP) is 0.649. The van der Waals surface area contributed by atoms with Gasteiger partial charge in [-0.25, -0.2) is 0 Å². The van der Waals surface area contributed by atoms with E-state index in [0.29, 0.717) is 0 Å². The van der Waals surface area contributed by atoms with Gasteiger partial charge in [-0.1, -0.05) is 0 Å². The Morgan fingerprint density at radius 2 is 1.90 bits per heavy atom. The van der Waals surface area contributed by atoms with E-state index in [4.69, 9.17) is 10.8 Å². The van der Waals surface area contributed by atoms with E-state index >= 15 is 0 Å². The van der Waals surface area contributed by atoms with Crippen molar-refractivity contribution in [1.82, 2.24) is 0 Å². The van der Waals surface area contributed by atoms with Crippen LogP contribution in [0, 0.1) is 0 Å². The van der Waals surface area contributed by atoms with Gasteiger partial charge in [0.25, 0.3) is 0 Å². The summed E-state index contributed by atoms with van der Waals surface area (Å²) in [4.78, 5) is 0. The van der Waals surface area contributed by atoms with E-state index in [1.165, 1.54) is 0 Å². The van der Waals surface area contributed by atoms with Crippen LogP contribution in [-0.2, 0) is 0 Å². The third kappa shape index (κ3) is 5.84. The fraction of sp³-hybridized carbons (Fsp3) is 1.00. The fourth-order valence-corrected chi connectivity index (χ4v) is 0.448. The maximum absolute atomic E-state index is 11.4. The molecule has 0 aromatic rings. The van der Waals surface area contributed by atoms with E-state index < -0.39 is 18.7 Å². The monoisotopic (exact) mass is 157 g/mol. The lowest BCUT2D eigenvalue weighted by Gasteiger charge is -2.08. The number of aliphatic hydroxyl groups excluding tert-OH is 1. The van der Waals surface area contributed by atoms with Crippen molar-refractivity contribution in [3.8, 4) is 0 Å². The minimum absolute atomic E-state index is 0.115. The van der Waals surface area contributed by atoms with Crippen LogP contribution < -0.4 is 5.73 Å². The number of aliphatic hydroxyl groups is 1. The third-order valence-electron chi connectivity index (χ3n) is 1.03. The molecule has 0 amide bonds. The van der Waals surface area contributed by atoms with E-state index in [1.54, 1.807) is 0 Å². The van der Waals surface area contributed by atoms with E-state index in [0.717, 1.165) is 0 Å².